The van der Waals surface area contributed by atoms with E-state index in [4.69, 9.17) is 24.4 Å². The summed E-state index contributed by atoms with van der Waals surface area (Å²) in [4.78, 5) is 12.9. The van der Waals surface area contributed by atoms with E-state index in [0.29, 0.717) is 55.8 Å². The fourth-order valence-electron chi connectivity index (χ4n) is 4.58. The average Bonchev–Trinajstić information content (AvgIpc) is 3.41. The zero-order chi connectivity index (χ0) is 28.1. The number of ether oxygens (including phenoxy) is 3. The molecule has 2 aromatic rings. The summed E-state index contributed by atoms with van der Waals surface area (Å²) in [6.45, 7) is 9.84. The van der Waals surface area contributed by atoms with Gasteiger partial charge in [-0.05, 0) is 66.8 Å². The second-order valence-electron chi connectivity index (χ2n) is 10.7. The molecule has 8 nitrogen and oxygen atoms in total. The van der Waals surface area contributed by atoms with E-state index in [9.17, 15) is 9.90 Å². The molecule has 0 spiro atoms. The smallest absolute Gasteiger partial charge is 0.223 e. The number of carbonyl (C=O) groups excluding carboxylic acids is 1. The van der Waals surface area contributed by atoms with E-state index in [-0.39, 0.29) is 23.7 Å². The van der Waals surface area contributed by atoms with Gasteiger partial charge in [-0.3, -0.25) is 4.79 Å². The van der Waals surface area contributed by atoms with Crippen LogP contribution < -0.4 is 20.5 Å². The third-order valence-electron chi connectivity index (χ3n) is 7.14. The molecule has 1 heterocycles. The Labute approximate surface area is 228 Å². The third kappa shape index (κ3) is 10.3. The summed E-state index contributed by atoms with van der Waals surface area (Å²) < 4.78 is 21.8. The van der Waals surface area contributed by atoms with Crippen molar-refractivity contribution in [3.05, 3.63) is 47.9 Å². The number of furan rings is 1. The highest BCUT2D eigenvalue weighted by atomic mass is 16.5. The van der Waals surface area contributed by atoms with E-state index in [1.807, 2.05) is 32.0 Å². The molecule has 8 heteroatoms. The van der Waals surface area contributed by atoms with Crippen LogP contribution in [0.2, 0.25) is 0 Å². The van der Waals surface area contributed by atoms with E-state index < -0.39 is 12.1 Å². The van der Waals surface area contributed by atoms with Crippen LogP contribution in [0.1, 0.15) is 58.3 Å². The largest absolute Gasteiger partial charge is 0.493 e. The second-order valence-corrected chi connectivity index (χ2v) is 10.7. The van der Waals surface area contributed by atoms with E-state index in [1.165, 1.54) is 0 Å². The van der Waals surface area contributed by atoms with Gasteiger partial charge in [0.25, 0.3) is 0 Å². The minimum atomic E-state index is -0.784. The van der Waals surface area contributed by atoms with Crippen LogP contribution in [0.15, 0.2) is 41.0 Å². The van der Waals surface area contributed by atoms with Gasteiger partial charge in [0, 0.05) is 32.1 Å². The van der Waals surface area contributed by atoms with Crippen LogP contribution in [-0.2, 0) is 22.5 Å². The van der Waals surface area contributed by atoms with Crippen LogP contribution in [0.3, 0.4) is 0 Å². The van der Waals surface area contributed by atoms with Crippen molar-refractivity contribution in [1.29, 1.82) is 0 Å². The predicted molar refractivity (Wildman–Crippen MR) is 149 cm³/mol. The lowest BCUT2D eigenvalue weighted by molar-refractivity contribution is -0.127. The van der Waals surface area contributed by atoms with E-state index in [2.05, 4.69) is 25.2 Å². The molecular formula is C30H48N2O6. The van der Waals surface area contributed by atoms with Crippen molar-refractivity contribution >= 4 is 5.91 Å². The molecule has 0 bridgehead atoms. The van der Waals surface area contributed by atoms with Crippen molar-refractivity contribution in [2.24, 2.45) is 29.4 Å². The molecule has 0 aliphatic carbocycles. The molecule has 1 aromatic carbocycles. The van der Waals surface area contributed by atoms with E-state index in [1.54, 1.807) is 26.5 Å². The first-order valence-corrected chi connectivity index (χ1v) is 13.7. The van der Waals surface area contributed by atoms with Gasteiger partial charge in [-0.2, -0.15) is 0 Å². The number of amides is 1. The van der Waals surface area contributed by atoms with Crippen molar-refractivity contribution in [2.45, 2.75) is 72.1 Å². The molecule has 0 saturated heterocycles. The van der Waals surface area contributed by atoms with Crippen molar-refractivity contribution in [2.75, 3.05) is 27.4 Å². The molecule has 2 rings (SSSR count). The van der Waals surface area contributed by atoms with E-state index >= 15 is 0 Å². The van der Waals surface area contributed by atoms with Crippen LogP contribution in [0.25, 0.3) is 0 Å². The highest BCUT2D eigenvalue weighted by Crippen LogP contribution is 2.31. The fraction of sp³-hybridized carbons (Fsp3) is 0.633. The summed E-state index contributed by atoms with van der Waals surface area (Å²) in [6, 6.07) is 9.18. The Kier molecular flexibility index (Phi) is 13.7. The lowest BCUT2D eigenvalue weighted by atomic mass is 9.81. The van der Waals surface area contributed by atoms with E-state index in [0.717, 1.165) is 18.4 Å². The number of benzene rings is 1. The maximum atomic E-state index is 12.9. The Bertz CT molecular complexity index is 931. The second kappa shape index (κ2) is 16.4. The van der Waals surface area contributed by atoms with Gasteiger partial charge in [0.05, 0.1) is 32.6 Å². The molecule has 0 saturated carbocycles. The zero-order valence-corrected chi connectivity index (χ0v) is 23.9. The summed E-state index contributed by atoms with van der Waals surface area (Å²) >= 11 is 0. The van der Waals surface area contributed by atoms with Crippen molar-refractivity contribution in [1.82, 2.24) is 5.32 Å². The molecule has 4 N–H and O–H groups in total. The van der Waals surface area contributed by atoms with Crippen LogP contribution in [0.4, 0.5) is 0 Å². The Balaban J connectivity index is 2.00. The molecule has 4 unspecified atom stereocenters. The molecule has 0 fully saturated rings. The third-order valence-corrected chi connectivity index (χ3v) is 7.14. The van der Waals surface area contributed by atoms with Crippen molar-refractivity contribution in [3.8, 4) is 11.5 Å². The Morgan fingerprint density at radius 3 is 2.42 bits per heavy atom. The maximum absolute atomic E-state index is 12.9. The van der Waals surface area contributed by atoms with Crippen LogP contribution in [-0.4, -0.2) is 50.6 Å². The van der Waals surface area contributed by atoms with Crippen molar-refractivity contribution < 1.29 is 28.5 Å². The number of rotatable bonds is 18. The summed E-state index contributed by atoms with van der Waals surface area (Å²) in [5, 5.41) is 13.9. The lowest BCUT2D eigenvalue weighted by Gasteiger charge is -2.30. The maximum Gasteiger partial charge on any atom is 0.223 e. The zero-order valence-electron chi connectivity index (χ0n) is 23.9. The first-order valence-electron chi connectivity index (χ1n) is 13.7. The quantitative estimate of drug-likeness (QED) is 0.241. The summed E-state index contributed by atoms with van der Waals surface area (Å²) in [5.41, 5.74) is 7.66. The number of nitrogens with two attached hydrogens (primary N) is 1. The molecule has 38 heavy (non-hydrogen) atoms. The lowest BCUT2D eigenvalue weighted by Crippen LogP contribution is -2.42. The summed E-state index contributed by atoms with van der Waals surface area (Å²) in [5.74, 6) is 2.34. The highest BCUT2D eigenvalue weighted by Gasteiger charge is 2.30. The first kappa shape index (κ1) is 31.7. The number of aliphatic hydroxyl groups excluding tert-OH is 1. The molecular weight excluding hydrogens is 484 g/mol. The van der Waals surface area contributed by atoms with Gasteiger partial charge in [-0.25, -0.2) is 0 Å². The molecule has 214 valence electrons. The van der Waals surface area contributed by atoms with Gasteiger partial charge >= 0.3 is 0 Å². The SMILES string of the molecule is COCCCOc1cc(CC(CC(N)C(O)CC(C(=O)NCc2ccco2)C(C)C)C(C)C)ccc1OC. The highest BCUT2D eigenvalue weighted by molar-refractivity contribution is 5.78. The van der Waals surface area contributed by atoms with Crippen LogP contribution in [0, 0.1) is 23.7 Å². The molecule has 0 radical (unpaired) electrons. The number of hydrogen-bond acceptors (Lipinski definition) is 7. The minimum Gasteiger partial charge on any atom is -0.493 e. The summed E-state index contributed by atoms with van der Waals surface area (Å²) in [7, 11) is 3.31. The monoisotopic (exact) mass is 532 g/mol. The molecule has 0 aliphatic heterocycles. The number of nitrogens with one attached hydrogen (secondary N) is 1. The van der Waals surface area contributed by atoms with Crippen LogP contribution >= 0.6 is 0 Å². The fourth-order valence-corrected chi connectivity index (χ4v) is 4.58. The van der Waals surface area contributed by atoms with Gasteiger partial charge in [-0.15, -0.1) is 0 Å². The van der Waals surface area contributed by atoms with Gasteiger partial charge in [0.15, 0.2) is 11.5 Å². The predicted octanol–water partition coefficient (Wildman–Crippen LogP) is 4.58. The Morgan fingerprint density at radius 2 is 1.82 bits per heavy atom. The number of aliphatic hydroxyl groups is 1. The van der Waals surface area contributed by atoms with Gasteiger partial charge in [0.2, 0.25) is 5.91 Å². The first-order chi connectivity index (χ1) is 18.2. The number of methoxy groups -OCH3 is 2. The average molecular weight is 533 g/mol. The Morgan fingerprint density at radius 1 is 1.05 bits per heavy atom. The molecule has 1 amide bonds. The molecule has 1 aromatic heterocycles. The minimum absolute atomic E-state index is 0.0657. The van der Waals surface area contributed by atoms with Gasteiger partial charge in [0.1, 0.15) is 5.76 Å². The Hall–Kier alpha value is -2.55. The number of carbonyl (C=O) groups is 1. The normalized spacial score (nSPS) is 14.8. The van der Waals surface area contributed by atoms with Crippen molar-refractivity contribution in [3.63, 3.8) is 0 Å². The standard InChI is InChI=1S/C30H48N2O6/c1-20(2)23(15-22-10-11-28(36-6)29(16-22)38-14-8-12-35-5)17-26(31)27(33)18-25(21(3)4)30(34)32-19-24-9-7-13-37-24/h7,9-11,13,16,20-21,23,25-27,33H,8,12,14-15,17-19,31H2,1-6H3,(H,32,34). The van der Waals surface area contributed by atoms with Crippen LogP contribution in [0.5, 0.6) is 11.5 Å². The van der Waals surface area contributed by atoms with Gasteiger partial charge in [-0.1, -0.05) is 33.8 Å². The number of hydrogen-bond donors (Lipinski definition) is 3. The summed E-state index contributed by atoms with van der Waals surface area (Å²) in [6.07, 6.45) is 3.35. The van der Waals surface area contributed by atoms with Gasteiger partial charge < -0.3 is 34.8 Å². The molecule has 0 aliphatic rings. The topological polar surface area (TPSA) is 116 Å². The molecule has 4 atom stereocenters.